The van der Waals surface area contributed by atoms with Gasteiger partial charge >= 0.3 is 0 Å². The van der Waals surface area contributed by atoms with Gasteiger partial charge in [-0.05, 0) is 67.1 Å². The number of amidine groups is 1. The van der Waals surface area contributed by atoms with Crippen LogP contribution < -0.4 is 4.74 Å². The lowest BCUT2D eigenvalue weighted by Gasteiger charge is -2.14. The number of rotatable bonds is 9. The molecular formula is C28H27N3O4S. The summed E-state index contributed by atoms with van der Waals surface area (Å²) in [6.07, 6.45) is 3.71. The quantitative estimate of drug-likeness (QED) is 0.181. The topological polar surface area (TPSA) is 85.0 Å². The molecule has 8 heteroatoms. The molecule has 1 amide bonds. The molecule has 0 radical (unpaired) electrons. The Morgan fingerprint density at radius 2 is 1.78 bits per heavy atom. The summed E-state index contributed by atoms with van der Waals surface area (Å²) < 4.78 is 6.02. The normalized spacial score (nSPS) is 15.6. The Balaban J connectivity index is 1.56. The Hall–Kier alpha value is -3.91. The zero-order chi connectivity index (χ0) is 25.5. The molecule has 0 unspecified atom stereocenters. The number of carbonyl (C=O) groups is 1. The summed E-state index contributed by atoms with van der Waals surface area (Å²) in [4.78, 5) is 30.8. The monoisotopic (exact) mass is 501 g/mol. The largest absolute Gasteiger partial charge is 0.488 e. The minimum Gasteiger partial charge on any atom is -0.488 e. The van der Waals surface area contributed by atoms with Crippen LogP contribution in [0.25, 0.3) is 6.08 Å². The maximum absolute atomic E-state index is 13.3. The second-order valence-corrected chi connectivity index (χ2v) is 9.41. The molecule has 7 nitrogen and oxygen atoms in total. The van der Waals surface area contributed by atoms with Gasteiger partial charge in [0.15, 0.2) is 5.17 Å². The average molecular weight is 502 g/mol. The van der Waals surface area contributed by atoms with Crippen molar-refractivity contribution in [2.75, 3.05) is 6.54 Å². The van der Waals surface area contributed by atoms with E-state index in [0.29, 0.717) is 22.4 Å². The lowest BCUT2D eigenvalue weighted by Crippen LogP contribution is -2.30. The number of ether oxygens (including phenoxy) is 1. The Morgan fingerprint density at radius 1 is 1.06 bits per heavy atom. The van der Waals surface area contributed by atoms with Gasteiger partial charge in [-0.2, -0.15) is 0 Å². The van der Waals surface area contributed by atoms with Gasteiger partial charge in [-0.25, -0.2) is 4.99 Å². The summed E-state index contributed by atoms with van der Waals surface area (Å²) in [5.41, 5.74) is 3.60. The van der Waals surface area contributed by atoms with E-state index in [2.05, 4.69) is 6.92 Å². The molecule has 1 aliphatic heterocycles. The van der Waals surface area contributed by atoms with Crippen molar-refractivity contribution in [3.05, 3.63) is 105 Å². The number of benzene rings is 3. The first-order chi connectivity index (χ1) is 17.4. The number of unbranched alkanes of at least 4 members (excludes halogenated alkanes) is 1. The molecule has 0 aliphatic carbocycles. The first-order valence-electron chi connectivity index (χ1n) is 11.8. The van der Waals surface area contributed by atoms with Crippen LogP contribution in [0.5, 0.6) is 5.75 Å². The third kappa shape index (κ3) is 6.20. The molecule has 1 fully saturated rings. The van der Waals surface area contributed by atoms with Crippen LogP contribution in [0, 0.1) is 17.0 Å². The number of hydrogen-bond donors (Lipinski definition) is 0. The molecule has 1 heterocycles. The smallest absolute Gasteiger partial charge is 0.269 e. The first-order valence-corrected chi connectivity index (χ1v) is 12.6. The van der Waals surface area contributed by atoms with Crippen molar-refractivity contribution in [1.82, 2.24) is 4.90 Å². The van der Waals surface area contributed by atoms with Crippen LogP contribution >= 0.6 is 11.8 Å². The Kier molecular flexibility index (Phi) is 8.17. The average Bonchev–Trinajstić information content (AvgIpc) is 3.17. The van der Waals surface area contributed by atoms with Crippen molar-refractivity contribution in [3.8, 4) is 5.75 Å². The first kappa shape index (κ1) is 25.2. The second kappa shape index (κ2) is 11.7. The number of non-ortho nitro benzene ring substituents is 1. The maximum atomic E-state index is 13.3. The summed E-state index contributed by atoms with van der Waals surface area (Å²) in [5.74, 6) is 0.560. The van der Waals surface area contributed by atoms with Crippen LogP contribution in [-0.4, -0.2) is 27.4 Å². The van der Waals surface area contributed by atoms with E-state index in [1.54, 1.807) is 17.0 Å². The molecular weight excluding hydrogens is 474 g/mol. The van der Waals surface area contributed by atoms with Gasteiger partial charge in [0.1, 0.15) is 12.4 Å². The van der Waals surface area contributed by atoms with Crippen molar-refractivity contribution in [2.24, 2.45) is 4.99 Å². The fourth-order valence-electron chi connectivity index (χ4n) is 3.58. The number of hydrogen-bond acceptors (Lipinski definition) is 6. The maximum Gasteiger partial charge on any atom is 0.269 e. The predicted molar refractivity (Wildman–Crippen MR) is 144 cm³/mol. The fraction of sp³-hybridized carbons (Fsp3) is 0.214. The molecule has 4 rings (SSSR count). The molecule has 36 heavy (non-hydrogen) atoms. The van der Waals surface area contributed by atoms with E-state index in [1.165, 1.54) is 23.9 Å². The van der Waals surface area contributed by atoms with Crippen LogP contribution in [0.15, 0.2) is 82.7 Å². The van der Waals surface area contributed by atoms with Crippen LogP contribution in [0.2, 0.25) is 0 Å². The Labute approximate surface area is 214 Å². The van der Waals surface area contributed by atoms with E-state index in [-0.39, 0.29) is 18.2 Å². The zero-order valence-corrected chi connectivity index (χ0v) is 21.0. The van der Waals surface area contributed by atoms with Gasteiger partial charge in [0, 0.05) is 24.2 Å². The number of aliphatic imine (C=N–C) groups is 1. The highest BCUT2D eigenvalue weighted by atomic mass is 32.2. The molecule has 3 aromatic rings. The van der Waals surface area contributed by atoms with E-state index in [4.69, 9.17) is 9.73 Å². The number of nitrogens with zero attached hydrogens (tertiary/aromatic N) is 3. The summed E-state index contributed by atoms with van der Waals surface area (Å²) in [5, 5.41) is 11.5. The van der Waals surface area contributed by atoms with Gasteiger partial charge in [-0.3, -0.25) is 19.8 Å². The molecule has 3 aromatic carbocycles. The molecule has 0 N–H and O–H groups in total. The van der Waals surface area contributed by atoms with Crippen molar-refractivity contribution < 1.29 is 14.5 Å². The van der Waals surface area contributed by atoms with Crippen molar-refractivity contribution in [2.45, 2.75) is 33.3 Å². The van der Waals surface area contributed by atoms with E-state index in [1.807, 2.05) is 61.5 Å². The van der Waals surface area contributed by atoms with Gasteiger partial charge in [0.2, 0.25) is 0 Å². The van der Waals surface area contributed by atoms with E-state index >= 15 is 0 Å². The zero-order valence-electron chi connectivity index (χ0n) is 20.2. The minimum atomic E-state index is -0.428. The second-order valence-electron chi connectivity index (χ2n) is 8.40. The van der Waals surface area contributed by atoms with Crippen LogP contribution in [-0.2, 0) is 11.4 Å². The number of carbonyl (C=O) groups excluding carboxylic acids is 1. The van der Waals surface area contributed by atoms with Crippen LogP contribution in [0.1, 0.15) is 36.5 Å². The van der Waals surface area contributed by atoms with Gasteiger partial charge in [0.05, 0.1) is 15.5 Å². The number of nitro benzene ring substituents is 1. The molecule has 0 aromatic heterocycles. The molecule has 1 saturated heterocycles. The number of nitro groups is 1. The third-order valence-electron chi connectivity index (χ3n) is 5.63. The van der Waals surface area contributed by atoms with Crippen LogP contribution in [0.4, 0.5) is 11.4 Å². The lowest BCUT2D eigenvalue weighted by molar-refractivity contribution is -0.384. The Bertz CT molecular complexity index is 1300. The third-order valence-corrected chi connectivity index (χ3v) is 6.64. The Morgan fingerprint density at radius 3 is 2.47 bits per heavy atom. The van der Waals surface area contributed by atoms with Crippen molar-refractivity contribution in [3.63, 3.8) is 0 Å². The summed E-state index contributed by atoms with van der Waals surface area (Å²) >= 11 is 1.37. The van der Waals surface area contributed by atoms with Crippen molar-refractivity contribution in [1.29, 1.82) is 0 Å². The molecule has 0 bridgehead atoms. The summed E-state index contributed by atoms with van der Waals surface area (Å²) in [7, 11) is 0. The predicted octanol–water partition coefficient (Wildman–Crippen LogP) is 6.89. The van der Waals surface area contributed by atoms with E-state index < -0.39 is 4.92 Å². The fourth-order valence-corrected chi connectivity index (χ4v) is 4.60. The summed E-state index contributed by atoms with van der Waals surface area (Å²) in [6.45, 7) is 4.99. The number of thioether (sulfide) groups is 1. The minimum absolute atomic E-state index is 0.0383. The van der Waals surface area contributed by atoms with Gasteiger partial charge in [0.25, 0.3) is 11.6 Å². The molecule has 1 aliphatic rings. The SMILES string of the molecule is CCCCN1C(=O)/C(=C\c2ccccc2OCc2ccc([N+](=O)[O-])cc2)SC1=Nc1ccc(C)cc1. The van der Waals surface area contributed by atoms with Crippen molar-refractivity contribution >= 4 is 40.3 Å². The molecule has 0 spiro atoms. The number of para-hydroxylation sites is 1. The molecule has 0 atom stereocenters. The van der Waals surface area contributed by atoms with Gasteiger partial charge in [-0.15, -0.1) is 0 Å². The molecule has 0 saturated carbocycles. The van der Waals surface area contributed by atoms with Gasteiger partial charge < -0.3 is 4.74 Å². The lowest BCUT2D eigenvalue weighted by atomic mass is 10.1. The summed E-state index contributed by atoms with van der Waals surface area (Å²) in [6, 6.07) is 21.7. The van der Waals surface area contributed by atoms with Crippen LogP contribution in [0.3, 0.4) is 0 Å². The van der Waals surface area contributed by atoms with E-state index in [9.17, 15) is 14.9 Å². The van der Waals surface area contributed by atoms with E-state index in [0.717, 1.165) is 35.2 Å². The standard InChI is InChI=1S/C28H27N3O4S/c1-3-4-17-30-27(32)26(36-28(30)29-23-13-9-20(2)10-14-23)18-22-7-5-6-8-25(22)35-19-21-11-15-24(16-12-21)31(33)34/h5-16,18H,3-4,17,19H2,1-2H3/b26-18+,29-28?. The highest BCUT2D eigenvalue weighted by molar-refractivity contribution is 8.18. The molecule has 184 valence electrons. The highest BCUT2D eigenvalue weighted by Gasteiger charge is 2.33. The highest BCUT2D eigenvalue weighted by Crippen LogP contribution is 2.36. The number of aryl methyl sites for hydroxylation is 1. The number of amides is 1. The van der Waals surface area contributed by atoms with Gasteiger partial charge in [-0.1, -0.05) is 49.2 Å².